The Morgan fingerprint density at radius 3 is 2.55 bits per heavy atom. The summed E-state index contributed by atoms with van der Waals surface area (Å²) in [4.78, 5) is 6.55. The lowest BCUT2D eigenvalue weighted by Crippen LogP contribution is -2.38. The number of para-hydroxylation sites is 1. The minimum Gasteiger partial charge on any atom is -0.379 e. The third-order valence-corrected chi connectivity index (χ3v) is 3.68. The fourth-order valence-corrected chi connectivity index (χ4v) is 2.51. The summed E-state index contributed by atoms with van der Waals surface area (Å²) in [5, 5.41) is 12.7. The van der Waals surface area contributed by atoms with Gasteiger partial charge in [0.25, 0.3) is 0 Å². The van der Waals surface area contributed by atoms with Gasteiger partial charge in [-0.1, -0.05) is 24.3 Å². The lowest BCUT2D eigenvalue weighted by Gasteiger charge is -2.30. The molecule has 0 amide bonds. The zero-order valence-corrected chi connectivity index (χ0v) is 12.3. The van der Waals surface area contributed by atoms with Gasteiger partial charge in [-0.25, -0.2) is 4.98 Å². The Balaban J connectivity index is 1.71. The fraction of sp³-hybridized carbons (Fsp3) is 0.294. The Kier molecular flexibility index (Phi) is 4.64. The highest BCUT2D eigenvalue weighted by atomic mass is 16.5. The van der Waals surface area contributed by atoms with Crippen molar-refractivity contribution in [1.82, 2.24) is 9.88 Å². The molecule has 1 fully saturated rings. The monoisotopic (exact) mass is 294 g/mol. The molecule has 3 rings (SSSR count). The van der Waals surface area contributed by atoms with Gasteiger partial charge in [-0.3, -0.25) is 4.90 Å². The molecule has 1 atom stereocenters. The van der Waals surface area contributed by atoms with E-state index in [0.29, 0.717) is 13.2 Å². The molecule has 0 spiro atoms. The number of rotatable bonds is 4. The van der Waals surface area contributed by atoms with Crippen LogP contribution in [0, 0.1) is 11.3 Å². The highest BCUT2D eigenvalue weighted by molar-refractivity contribution is 5.55. The number of ether oxygens (including phenoxy) is 1. The van der Waals surface area contributed by atoms with Crippen LogP contribution in [-0.2, 0) is 4.74 Å². The smallest absolute Gasteiger partial charge is 0.130 e. The summed E-state index contributed by atoms with van der Waals surface area (Å²) in [6, 6.07) is 15.9. The second kappa shape index (κ2) is 7.03. The highest BCUT2D eigenvalue weighted by Gasteiger charge is 2.22. The van der Waals surface area contributed by atoms with Crippen LogP contribution in [0.25, 0.3) is 0 Å². The van der Waals surface area contributed by atoms with Crippen LogP contribution in [-0.4, -0.2) is 36.2 Å². The van der Waals surface area contributed by atoms with Crippen molar-refractivity contribution in [3.63, 3.8) is 0 Å². The molecule has 0 radical (unpaired) electrons. The maximum absolute atomic E-state index is 9.46. The first-order valence-electron chi connectivity index (χ1n) is 7.36. The van der Waals surface area contributed by atoms with Crippen molar-refractivity contribution in [2.75, 3.05) is 31.6 Å². The molecule has 2 aromatic rings. The SMILES string of the molecule is N#CC(c1ccc(Nc2ccccc2)nc1)N1CCOCC1. The molecule has 22 heavy (non-hydrogen) atoms. The number of nitrogens with zero attached hydrogens (tertiary/aromatic N) is 3. The van der Waals surface area contributed by atoms with Crippen molar-refractivity contribution in [3.05, 3.63) is 54.2 Å². The molecule has 5 nitrogen and oxygen atoms in total. The predicted octanol–water partition coefficient (Wildman–Crippen LogP) is 2.72. The number of aromatic nitrogens is 1. The van der Waals surface area contributed by atoms with Gasteiger partial charge >= 0.3 is 0 Å². The van der Waals surface area contributed by atoms with Crippen LogP contribution in [0.2, 0.25) is 0 Å². The first kappa shape index (κ1) is 14.5. The number of morpholine rings is 1. The minimum absolute atomic E-state index is 0.262. The van der Waals surface area contributed by atoms with Gasteiger partial charge in [0.1, 0.15) is 11.9 Å². The van der Waals surface area contributed by atoms with Crippen molar-refractivity contribution >= 4 is 11.5 Å². The van der Waals surface area contributed by atoms with Crippen LogP contribution in [0.4, 0.5) is 11.5 Å². The Bertz CT molecular complexity index is 630. The van der Waals surface area contributed by atoms with Crippen LogP contribution in [0.5, 0.6) is 0 Å². The van der Waals surface area contributed by atoms with Crippen molar-refractivity contribution in [3.8, 4) is 6.07 Å². The first-order valence-corrected chi connectivity index (χ1v) is 7.36. The van der Waals surface area contributed by atoms with Crippen molar-refractivity contribution in [2.24, 2.45) is 0 Å². The number of nitriles is 1. The van der Waals surface area contributed by atoms with Gasteiger partial charge in [0.2, 0.25) is 0 Å². The molecule has 0 aliphatic carbocycles. The maximum Gasteiger partial charge on any atom is 0.130 e. The van der Waals surface area contributed by atoms with E-state index in [1.807, 2.05) is 42.5 Å². The standard InChI is InChI=1S/C17H18N4O/c18-12-16(21-8-10-22-11-9-21)14-6-7-17(19-13-14)20-15-4-2-1-3-5-15/h1-7,13,16H,8-11H2,(H,19,20). The molecule has 0 saturated carbocycles. The Morgan fingerprint density at radius 2 is 1.91 bits per heavy atom. The third kappa shape index (κ3) is 3.42. The minimum atomic E-state index is -0.262. The van der Waals surface area contributed by atoms with Gasteiger partial charge in [0.05, 0.1) is 19.3 Å². The molecule has 112 valence electrons. The van der Waals surface area contributed by atoms with Gasteiger partial charge in [0, 0.05) is 30.5 Å². The summed E-state index contributed by atoms with van der Waals surface area (Å²) in [6.07, 6.45) is 1.77. The van der Waals surface area contributed by atoms with Crippen LogP contribution < -0.4 is 5.32 Å². The molecule has 5 heteroatoms. The molecule has 1 aliphatic heterocycles. The summed E-state index contributed by atoms with van der Waals surface area (Å²) < 4.78 is 5.34. The van der Waals surface area contributed by atoms with Gasteiger partial charge in [-0.15, -0.1) is 0 Å². The quantitative estimate of drug-likeness (QED) is 0.939. The average Bonchev–Trinajstić information content (AvgIpc) is 2.59. The molecular weight excluding hydrogens is 276 g/mol. The van der Waals surface area contributed by atoms with Gasteiger partial charge < -0.3 is 10.1 Å². The zero-order chi connectivity index (χ0) is 15.2. The van der Waals surface area contributed by atoms with Crippen LogP contribution in [0.3, 0.4) is 0 Å². The van der Waals surface area contributed by atoms with E-state index in [1.165, 1.54) is 0 Å². The molecule has 1 aromatic heterocycles. The van der Waals surface area contributed by atoms with Crippen LogP contribution >= 0.6 is 0 Å². The van der Waals surface area contributed by atoms with Crippen LogP contribution in [0.15, 0.2) is 48.7 Å². The van der Waals surface area contributed by atoms with Gasteiger partial charge in [0.15, 0.2) is 0 Å². The van der Waals surface area contributed by atoms with Gasteiger partial charge in [-0.05, 0) is 18.2 Å². The Hall–Kier alpha value is -2.42. The van der Waals surface area contributed by atoms with Gasteiger partial charge in [-0.2, -0.15) is 5.26 Å². The summed E-state index contributed by atoms with van der Waals surface area (Å²) in [5.74, 6) is 0.772. The summed E-state index contributed by atoms with van der Waals surface area (Å²) >= 11 is 0. The normalized spacial score (nSPS) is 16.7. The van der Waals surface area contributed by atoms with Crippen molar-refractivity contribution < 1.29 is 4.74 Å². The molecule has 1 aromatic carbocycles. The van der Waals surface area contributed by atoms with E-state index in [0.717, 1.165) is 30.2 Å². The molecule has 1 N–H and O–H groups in total. The number of hydrogen-bond acceptors (Lipinski definition) is 5. The molecule has 0 bridgehead atoms. The third-order valence-electron chi connectivity index (χ3n) is 3.68. The molecular formula is C17H18N4O. The largest absolute Gasteiger partial charge is 0.379 e. The van der Waals surface area contributed by atoms with E-state index in [-0.39, 0.29) is 6.04 Å². The van der Waals surface area contributed by atoms with E-state index in [2.05, 4.69) is 21.3 Å². The number of benzene rings is 1. The first-order chi connectivity index (χ1) is 10.9. The van der Waals surface area contributed by atoms with E-state index < -0.39 is 0 Å². The summed E-state index contributed by atoms with van der Waals surface area (Å²) in [5.41, 5.74) is 1.91. The fourth-order valence-electron chi connectivity index (χ4n) is 2.51. The number of pyridine rings is 1. The van der Waals surface area contributed by atoms with Crippen molar-refractivity contribution in [1.29, 1.82) is 5.26 Å². The van der Waals surface area contributed by atoms with Crippen molar-refractivity contribution in [2.45, 2.75) is 6.04 Å². The zero-order valence-electron chi connectivity index (χ0n) is 12.3. The second-order valence-corrected chi connectivity index (χ2v) is 5.15. The van der Waals surface area contributed by atoms with E-state index in [9.17, 15) is 5.26 Å². The summed E-state index contributed by atoms with van der Waals surface area (Å²) in [6.45, 7) is 2.92. The number of nitrogens with one attached hydrogen (secondary N) is 1. The van der Waals surface area contributed by atoms with E-state index in [1.54, 1.807) is 6.20 Å². The summed E-state index contributed by atoms with van der Waals surface area (Å²) in [7, 11) is 0. The lowest BCUT2D eigenvalue weighted by molar-refractivity contribution is 0.0266. The topological polar surface area (TPSA) is 61.2 Å². The molecule has 1 unspecified atom stereocenters. The van der Waals surface area contributed by atoms with E-state index in [4.69, 9.17) is 4.74 Å². The number of hydrogen-bond donors (Lipinski definition) is 1. The molecule has 1 aliphatic rings. The highest BCUT2D eigenvalue weighted by Crippen LogP contribution is 2.22. The lowest BCUT2D eigenvalue weighted by atomic mass is 10.1. The Labute approximate surface area is 130 Å². The molecule has 2 heterocycles. The molecule has 1 saturated heterocycles. The Morgan fingerprint density at radius 1 is 1.14 bits per heavy atom. The van der Waals surface area contributed by atoms with E-state index >= 15 is 0 Å². The van der Waals surface area contributed by atoms with Crippen LogP contribution in [0.1, 0.15) is 11.6 Å². The maximum atomic E-state index is 9.46. The average molecular weight is 294 g/mol. The predicted molar refractivity (Wildman–Crippen MR) is 84.7 cm³/mol. The second-order valence-electron chi connectivity index (χ2n) is 5.15. The number of anilines is 2.